The Hall–Kier alpha value is -0.970. The van der Waals surface area contributed by atoms with E-state index in [0.29, 0.717) is 0 Å². The molecule has 5 nitrogen and oxygen atoms in total. The van der Waals surface area contributed by atoms with Crippen molar-refractivity contribution in [3.05, 3.63) is 5.82 Å². The second kappa shape index (κ2) is 4.27. The fourth-order valence-corrected chi connectivity index (χ4v) is 5.37. The molecule has 0 amide bonds. The van der Waals surface area contributed by atoms with E-state index in [4.69, 9.17) is 5.73 Å². The van der Waals surface area contributed by atoms with Crippen LogP contribution in [-0.2, 0) is 7.05 Å². The quantitative estimate of drug-likeness (QED) is 0.898. The Morgan fingerprint density at radius 1 is 1.16 bits per heavy atom. The van der Waals surface area contributed by atoms with Crippen molar-refractivity contribution in [2.75, 3.05) is 0 Å². The summed E-state index contributed by atoms with van der Waals surface area (Å²) in [4.78, 5) is 0. The molecule has 1 aromatic rings. The maximum atomic E-state index is 6.36. The smallest absolute Gasteiger partial charge is 0.167 e. The van der Waals surface area contributed by atoms with Crippen LogP contribution in [0.25, 0.3) is 0 Å². The molecule has 1 atom stereocenters. The van der Waals surface area contributed by atoms with Crippen LogP contribution < -0.4 is 5.73 Å². The van der Waals surface area contributed by atoms with Crippen LogP contribution in [0.4, 0.5) is 0 Å². The molecule has 2 N–H and O–H groups in total. The predicted octanol–water partition coefficient (Wildman–Crippen LogP) is 1.67. The van der Waals surface area contributed by atoms with Crippen LogP contribution >= 0.6 is 0 Å². The molecule has 0 radical (unpaired) electrons. The van der Waals surface area contributed by atoms with Gasteiger partial charge in [0.1, 0.15) is 0 Å². The molecule has 4 saturated carbocycles. The largest absolute Gasteiger partial charge is 0.321 e. The molecular formula is C14H23N5. The predicted molar refractivity (Wildman–Crippen MR) is 70.9 cm³/mol. The second-order valence-corrected chi connectivity index (χ2v) is 7.10. The fourth-order valence-electron chi connectivity index (χ4n) is 5.37. The Kier molecular flexibility index (Phi) is 2.65. The standard InChI is InChI=1S/C14H23N5/c1-19-14(16-17-18-19)13(15)7-12-10-3-8-2-9(5-10)6-11(12)4-8/h8-13H,2-7,15H2,1H3. The normalized spacial score (nSPS) is 41.7. The summed E-state index contributed by atoms with van der Waals surface area (Å²) >= 11 is 0. The highest BCUT2D eigenvalue weighted by Gasteiger charge is 2.48. The molecule has 5 rings (SSSR count). The maximum Gasteiger partial charge on any atom is 0.167 e. The molecule has 4 aliphatic carbocycles. The van der Waals surface area contributed by atoms with Crippen LogP contribution in [0.1, 0.15) is 50.4 Å². The van der Waals surface area contributed by atoms with E-state index in [1.807, 2.05) is 7.05 Å². The molecule has 19 heavy (non-hydrogen) atoms. The molecule has 1 unspecified atom stereocenters. The molecule has 0 aromatic carbocycles. The molecule has 4 aliphatic rings. The Morgan fingerprint density at radius 2 is 1.79 bits per heavy atom. The van der Waals surface area contributed by atoms with Gasteiger partial charge in [0.15, 0.2) is 5.82 Å². The minimum Gasteiger partial charge on any atom is -0.321 e. The van der Waals surface area contributed by atoms with Crippen LogP contribution in [0.15, 0.2) is 0 Å². The van der Waals surface area contributed by atoms with E-state index in [2.05, 4.69) is 15.5 Å². The highest BCUT2D eigenvalue weighted by atomic mass is 15.5. The Labute approximate surface area is 113 Å². The topological polar surface area (TPSA) is 69.6 Å². The number of aryl methyl sites for hydroxylation is 1. The zero-order valence-electron chi connectivity index (χ0n) is 11.6. The third-order valence-corrected chi connectivity index (χ3v) is 5.93. The monoisotopic (exact) mass is 261 g/mol. The first kappa shape index (κ1) is 11.8. The van der Waals surface area contributed by atoms with Gasteiger partial charge in [-0.1, -0.05) is 0 Å². The molecule has 1 aromatic heterocycles. The first-order valence-corrected chi connectivity index (χ1v) is 7.68. The van der Waals surface area contributed by atoms with Gasteiger partial charge in [-0.15, -0.1) is 5.10 Å². The average Bonchev–Trinajstić information content (AvgIpc) is 2.79. The van der Waals surface area contributed by atoms with E-state index in [1.54, 1.807) is 4.68 Å². The summed E-state index contributed by atoms with van der Waals surface area (Å²) in [5, 5.41) is 11.7. The summed E-state index contributed by atoms with van der Waals surface area (Å²) in [6.07, 6.45) is 8.42. The Balaban J connectivity index is 1.50. The van der Waals surface area contributed by atoms with Gasteiger partial charge in [-0.25, -0.2) is 4.68 Å². The van der Waals surface area contributed by atoms with Crippen molar-refractivity contribution in [3.63, 3.8) is 0 Å². The summed E-state index contributed by atoms with van der Waals surface area (Å²) in [6, 6.07) is 0.00234. The van der Waals surface area contributed by atoms with Crippen LogP contribution in [0.5, 0.6) is 0 Å². The average molecular weight is 261 g/mol. The minimum absolute atomic E-state index is 0.00234. The fraction of sp³-hybridized carbons (Fsp3) is 0.929. The van der Waals surface area contributed by atoms with Gasteiger partial charge in [0.05, 0.1) is 6.04 Å². The molecule has 0 aliphatic heterocycles. The molecule has 5 heteroatoms. The van der Waals surface area contributed by atoms with Crippen LogP contribution in [0.3, 0.4) is 0 Å². The summed E-state index contributed by atoms with van der Waals surface area (Å²) in [7, 11) is 1.88. The summed E-state index contributed by atoms with van der Waals surface area (Å²) in [5.41, 5.74) is 6.36. The molecule has 0 saturated heterocycles. The van der Waals surface area contributed by atoms with Crippen molar-refractivity contribution in [1.29, 1.82) is 0 Å². The van der Waals surface area contributed by atoms with E-state index < -0.39 is 0 Å². The first-order chi connectivity index (χ1) is 9.20. The van der Waals surface area contributed by atoms with Gasteiger partial charge < -0.3 is 5.73 Å². The Bertz CT molecular complexity index is 440. The second-order valence-electron chi connectivity index (χ2n) is 7.10. The van der Waals surface area contributed by atoms with Crippen LogP contribution in [0, 0.1) is 29.6 Å². The van der Waals surface area contributed by atoms with Crippen LogP contribution in [0.2, 0.25) is 0 Å². The van der Waals surface area contributed by atoms with Gasteiger partial charge in [-0.3, -0.25) is 0 Å². The summed E-state index contributed by atoms with van der Waals surface area (Å²) < 4.78 is 1.72. The van der Waals surface area contributed by atoms with Crippen molar-refractivity contribution in [3.8, 4) is 0 Å². The lowest BCUT2D eigenvalue weighted by molar-refractivity contribution is -0.0424. The number of nitrogens with zero attached hydrogens (tertiary/aromatic N) is 4. The zero-order valence-corrected chi connectivity index (χ0v) is 11.6. The maximum absolute atomic E-state index is 6.36. The minimum atomic E-state index is 0.00234. The molecule has 1 heterocycles. The van der Waals surface area contributed by atoms with Gasteiger partial charge in [0.2, 0.25) is 0 Å². The van der Waals surface area contributed by atoms with E-state index >= 15 is 0 Å². The summed E-state index contributed by atoms with van der Waals surface area (Å²) in [5.74, 6) is 5.60. The van der Waals surface area contributed by atoms with Gasteiger partial charge in [-0.2, -0.15) is 0 Å². The lowest BCUT2D eigenvalue weighted by atomic mass is 9.51. The number of aromatic nitrogens is 4. The lowest BCUT2D eigenvalue weighted by Gasteiger charge is -2.55. The van der Waals surface area contributed by atoms with Crippen molar-refractivity contribution < 1.29 is 0 Å². The first-order valence-electron chi connectivity index (χ1n) is 7.68. The van der Waals surface area contributed by atoms with E-state index in [-0.39, 0.29) is 6.04 Å². The number of hydrogen-bond donors (Lipinski definition) is 1. The van der Waals surface area contributed by atoms with Crippen molar-refractivity contribution in [2.45, 2.75) is 44.6 Å². The third kappa shape index (κ3) is 1.90. The highest BCUT2D eigenvalue weighted by Crippen LogP contribution is 2.57. The highest BCUT2D eigenvalue weighted by molar-refractivity contribution is 5.01. The molecule has 0 spiro atoms. The van der Waals surface area contributed by atoms with Crippen molar-refractivity contribution in [1.82, 2.24) is 20.2 Å². The van der Waals surface area contributed by atoms with Gasteiger partial charge in [-0.05, 0) is 78.5 Å². The number of nitrogens with two attached hydrogens (primary N) is 1. The van der Waals surface area contributed by atoms with E-state index in [1.165, 1.54) is 32.1 Å². The zero-order chi connectivity index (χ0) is 13.0. The molecule has 4 fully saturated rings. The number of rotatable bonds is 3. The lowest BCUT2D eigenvalue weighted by Crippen LogP contribution is -2.46. The SMILES string of the molecule is Cn1nnnc1C(N)CC1C2CC3CC(C2)CC1C3. The van der Waals surface area contributed by atoms with Crippen LogP contribution in [-0.4, -0.2) is 20.2 Å². The van der Waals surface area contributed by atoms with Gasteiger partial charge in [0.25, 0.3) is 0 Å². The Morgan fingerprint density at radius 3 is 2.32 bits per heavy atom. The van der Waals surface area contributed by atoms with Crippen molar-refractivity contribution >= 4 is 0 Å². The number of tetrazole rings is 1. The van der Waals surface area contributed by atoms with Crippen molar-refractivity contribution in [2.24, 2.45) is 42.4 Å². The van der Waals surface area contributed by atoms with E-state index in [0.717, 1.165) is 41.8 Å². The summed E-state index contributed by atoms with van der Waals surface area (Å²) in [6.45, 7) is 0. The molecule has 4 bridgehead atoms. The van der Waals surface area contributed by atoms with Gasteiger partial charge >= 0.3 is 0 Å². The molecular weight excluding hydrogens is 238 g/mol. The van der Waals surface area contributed by atoms with Gasteiger partial charge in [0, 0.05) is 7.05 Å². The molecule has 104 valence electrons. The third-order valence-electron chi connectivity index (χ3n) is 5.93. The number of hydrogen-bond acceptors (Lipinski definition) is 4. The van der Waals surface area contributed by atoms with E-state index in [9.17, 15) is 0 Å².